The van der Waals surface area contributed by atoms with Crippen LogP contribution in [0.25, 0.3) is 6.08 Å². The number of hydrogen-bond donors (Lipinski definition) is 0. The normalized spacial score (nSPS) is 24.1. The van der Waals surface area contributed by atoms with Crippen molar-refractivity contribution in [3.63, 3.8) is 0 Å². The van der Waals surface area contributed by atoms with Gasteiger partial charge in [0.2, 0.25) is 11.8 Å². The molecule has 4 atom stereocenters. The van der Waals surface area contributed by atoms with E-state index in [0.29, 0.717) is 16.3 Å². The van der Waals surface area contributed by atoms with Crippen LogP contribution in [0, 0.1) is 25.7 Å². The van der Waals surface area contributed by atoms with E-state index in [0.717, 1.165) is 26.9 Å². The van der Waals surface area contributed by atoms with Gasteiger partial charge in [-0.3, -0.25) is 14.4 Å². The average molecular weight is 562 g/mol. The maximum absolute atomic E-state index is 14.1. The lowest BCUT2D eigenvalue weighted by Crippen LogP contribution is -2.49. The summed E-state index contributed by atoms with van der Waals surface area (Å²) in [5.74, 6) is -2.24. The number of fused-ring (bicyclic) bond motifs is 5. The molecule has 0 bridgehead atoms. The lowest BCUT2D eigenvalue weighted by atomic mass is 9.86. The second-order valence-electron chi connectivity index (χ2n) is 9.63. The first-order chi connectivity index (χ1) is 17.3. The van der Waals surface area contributed by atoms with Gasteiger partial charge in [0.05, 0.1) is 23.6 Å². The predicted molar refractivity (Wildman–Crippen MR) is 144 cm³/mol. The summed E-state index contributed by atoms with van der Waals surface area (Å²) in [5.41, 5.74) is 4.64. The van der Waals surface area contributed by atoms with Crippen molar-refractivity contribution in [3.05, 3.63) is 98.5 Å². The number of rotatable bonds is 3. The van der Waals surface area contributed by atoms with Gasteiger partial charge in [0, 0.05) is 20.7 Å². The number of nitrogens with zero attached hydrogens (tertiary/aromatic N) is 2. The fraction of sp³-hybridized carbons (Fsp3) is 0.207. The van der Waals surface area contributed by atoms with Crippen molar-refractivity contribution >= 4 is 62.6 Å². The van der Waals surface area contributed by atoms with Gasteiger partial charge in [-0.25, -0.2) is 4.90 Å². The first-order valence-electron chi connectivity index (χ1n) is 11.8. The molecule has 3 aromatic rings. The molecule has 2 saturated heterocycles. The highest BCUT2D eigenvalue weighted by Crippen LogP contribution is 2.50. The molecule has 6 rings (SSSR count). The summed E-state index contributed by atoms with van der Waals surface area (Å²) in [6, 6.07) is 17.0. The van der Waals surface area contributed by atoms with Crippen LogP contribution >= 0.6 is 27.5 Å². The lowest BCUT2D eigenvalue weighted by Gasteiger charge is -2.36. The van der Waals surface area contributed by atoms with Crippen molar-refractivity contribution in [2.24, 2.45) is 11.8 Å². The molecule has 0 unspecified atom stereocenters. The van der Waals surface area contributed by atoms with Gasteiger partial charge in [-0.15, -0.1) is 0 Å². The number of aryl methyl sites for hydroxylation is 2. The van der Waals surface area contributed by atoms with Crippen molar-refractivity contribution < 1.29 is 14.4 Å². The van der Waals surface area contributed by atoms with Gasteiger partial charge in [-0.2, -0.15) is 0 Å². The quantitative estimate of drug-likeness (QED) is 0.291. The maximum Gasteiger partial charge on any atom is 0.240 e. The van der Waals surface area contributed by atoms with Gasteiger partial charge in [0.1, 0.15) is 6.04 Å². The average Bonchev–Trinajstić information content (AvgIpc) is 3.32. The van der Waals surface area contributed by atoms with Gasteiger partial charge < -0.3 is 4.90 Å². The van der Waals surface area contributed by atoms with E-state index in [-0.39, 0.29) is 17.6 Å². The molecule has 36 heavy (non-hydrogen) atoms. The molecule has 180 valence electrons. The smallest absolute Gasteiger partial charge is 0.240 e. The Hall–Kier alpha value is -3.22. The number of ketones is 1. The summed E-state index contributed by atoms with van der Waals surface area (Å²) in [6.07, 6.45) is 3.87. The molecule has 3 aromatic carbocycles. The Morgan fingerprint density at radius 3 is 2.31 bits per heavy atom. The van der Waals surface area contributed by atoms with Crippen LogP contribution in [0.1, 0.15) is 27.0 Å². The maximum atomic E-state index is 14.1. The summed E-state index contributed by atoms with van der Waals surface area (Å²) < 4.78 is 0.857. The summed E-state index contributed by atoms with van der Waals surface area (Å²) in [4.78, 5) is 45.2. The van der Waals surface area contributed by atoms with E-state index in [2.05, 4.69) is 15.9 Å². The minimum atomic E-state index is -0.821. The second-order valence-corrected chi connectivity index (χ2v) is 11.0. The Morgan fingerprint density at radius 2 is 1.58 bits per heavy atom. The highest BCUT2D eigenvalue weighted by molar-refractivity contribution is 9.10. The van der Waals surface area contributed by atoms with Crippen LogP contribution in [0.5, 0.6) is 0 Å². The van der Waals surface area contributed by atoms with Crippen LogP contribution in [-0.4, -0.2) is 29.7 Å². The molecule has 3 heterocycles. The van der Waals surface area contributed by atoms with Crippen molar-refractivity contribution in [2.45, 2.75) is 25.9 Å². The standard InChI is InChI=1S/C29H22BrClN2O3/c1-15-3-10-21(16(2)13-15)33-28(35)24-23-11-6-18-14-20(31)9-12-22(18)32(23)26(25(24)29(33)36)27(34)17-4-7-19(30)8-5-17/h3-14,23-26H,1-2H3/t23-,24-,25-,26-/m0/s1. The summed E-state index contributed by atoms with van der Waals surface area (Å²) in [5, 5.41) is 0.584. The zero-order valence-corrected chi connectivity index (χ0v) is 22.0. The van der Waals surface area contributed by atoms with Crippen molar-refractivity contribution in [1.29, 1.82) is 0 Å². The zero-order chi connectivity index (χ0) is 25.3. The monoisotopic (exact) mass is 560 g/mol. The molecular formula is C29H22BrClN2O3. The highest BCUT2D eigenvalue weighted by atomic mass is 79.9. The topological polar surface area (TPSA) is 57.7 Å². The SMILES string of the molecule is Cc1ccc(N2C(=O)[C@@H]3[C@H](C2=O)[C@@H](C(=O)c2ccc(Br)cc2)N2c4ccc(Cl)cc4C=C[C@@H]32)c(C)c1. The number of benzene rings is 3. The van der Waals surface area contributed by atoms with E-state index in [1.165, 1.54) is 4.90 Å². The minimum Gasteiger partial charge on any atom is -0.352 e. The lowest BCUT2D eigenvalue weighted by molar-refractivity contribution is -0.122. The number of hydrogen-bond acceptors (Lipinski definition) is 4. The first-order valence-corrected chi connectivity index (χ1v) is 12.9. The number of imide groups is 1. The van der Waals surface area contributed by atoms with Gasteiger partial charge in [-0.05, 0) is 61.4 Å². The van der Waals surface area contributed by atoms with Crippen LogP contribution in [0.4, 0.5) is 11.4 Å². The summed E-state index contributed by atoms with van der Waals surface area (Å²) in [7, 11) is 0. The molecule has 0 aromatic heterocycles. The molecule has 0 N–H and O–H groups in total. The Bertz CT molecular complexity index is 1480. The third-order valence-electron chi connectivity index (χ3n) is 7.46. The van der Waals surface area contributed by atoms with E-state index >= 15 is 0 Å². The number of carbonyl (C=O) groups is 3. The molecule has 0 aliphatic carbocycles. The minimum absolute atomic E-state index is 0.181. The summed E-state index contributed by atoms with van der Waals surface area (Å²) >= 11 is 9.67. The molecule has 2 fully saturated rings. The molecule has 2 amide bonds. The predicted octanol–water partition coefficient (Wildman–Crippen LogP) is 5.99. The third-order valence-corrected chi connectivity index (χ3v) is 8.22. The van der Waals surface area contributed by atoms with Crippen LogP contribution in [0.3, 0.4) is 0 Å². The first kappa shape index (κ1) is 23.2. The van der Waals surface area contributed by atoms with Crippen LogP contribution in [0.2, 0.25) is 5.02 Å². The molecule has 3 aliphatic rings. The number of Topliss-reactive ketones (excluding diaryl/α,β-unsaturated/α-hetero) is 1. The van der Waals surface area contributed by atoms with E-state index in [1.807, 2.05) is 73.4 Å². The van der Waals surface area contributed by atoms with E-state index < -0.39 is 23.9 Å². The number of halogens is 2. The Kier molecular flexibility index (Phi) is 5.43. The summed E-state index contributed by atoms with van der Waals surface area (Å²) in [6.45, 7) is 3.87. The third kappa shape index (κ3) is 3.39. The molecular weight excluding hydrogens is 540 g/mol. The van der Waals surface area contributed by atoms with E-state index in [9.17, 15) is 14.4 Å². The molecule has 0 radical (unpaired) electrons. The fourth-order valence-corrected chi connectivity index (χ4v) is 6.37. The van der Waals surface area contributed by atoms with Crippen LogP contribution < -0.4 is 9.80 Å². The van der Waals surface area contributed by atoms with Crippen molar-refractivity contribution in [2.75, 3.05) is 9.80 Å². The van der Waals surface area contributed by atoms with Gasteiger partial charge in [-0.1, -0.05) is 69.5 Å². The largest absolute Gasteiger partial charge is 0.352 e. The van der Waals surface area contributed by atoms with Gasteiger partial charge >= 0.3 is 0 Å². The van der Waals surface area contributed by atoms with Gasteiger partial charge in [0.15, 0.2) is 5.78 Å². The number of amides is 2. The molecule has 3 aliphatic heterocycles. The Morgan fingerprint density at radius 1 is 0.889 bits per heavy atom. The van der Waals surface area contributed by atoms with Crippen LogP contribution in [-0.2, 0) is 9.59 Å². The van der Waals surface area contributed by atoms with E-state index in [4.69, 9.17) is 11.6 Å². The van der Waals surface area contributed by atoms with Crippen molar-refractivity contribution in [1.82, 2.24) is 0 Å². The van der Waals surface area contributed by atoms with E-state index in [1.54, 1.807) is 18.2 Å². The highest BCUT2D eigenvalue weighted by Gasteiger charge is 2.64. The van der Waals surface area contributed by atoms with Crippen LogP contribution in [0.15, 0.2) is 71.2 Å². The molecule has 0 saturated carbocycles. The number of anilines is 2. The second kappa shape index (κ2) is 8.43. The molecule has 0 spiro atoms. The molecule has 7 heteroatoms. The van der Waals surface area contributed by atoms with Gasteiger partial charge in [0.25, 0.3) is 0 Å². The fourth-order valence-electron chi connectivity index (χ4n) is 5.92. The number of carbonyl (C=O) groups excluding carboxylic acids is 3. The Balaban J connectivity index is 1.50. The zero-order valence-electron chi connectivity index (χ0n) is 19.6. The molecule has 5 nitrogen and oxygen atoms in total. The Labute approximate surface area is 222 Å². The van der Waals surface area contributed by atoms with Crippen molar-refractivity contribution in [3.8, 4) is 0 Å².